The lowest BCUT2D eigenvalue weighted by Crippen LogP contribution is -2.03. The normalized spacial score (nSPS) is 11.4. The Morgan fingerprint density at radius 3 is 2.48 bits per heavy atom. The molecule has 21 heavy (non-hydrogen) atoms. The van der Waals surface area contributed by atoms with Gasteiger partial charge in [-0.15, -0.1) is 11.8 Å². The Bertz CT molecular complexity index is 753. The molecule has 6 heteroatoms. The van der Waals surface area contributed by atoms with Gasteiger partial charge in [0.1, 0.15) is 11.6 Å². The molecule has 0 aliphatic carbocycles. The third-order valence-corrected chi connectivity index (χ3v) is 4.05. The van der Waals surface area contributed by atoms with Gasteiger partial charge in [0, 0.05) is 4.90 Å². The minimum absolute atomic E-state index is 0.296. The van der Waals surface area contributed by atoms with Crippen molar-refractivity contribution in [1.82, 2.24) is 9.55 Å². The summed E-state index contributed by atoms with van der Waals surface area (Å²) in [4.78, 5) is 5.06. The van der Waals surface area contributed by atoms with E-state index in [0.717, 1.165) is 9.46 Å². The van der Waals surface area contributed by atoms with E-state index in [0.29, 0.717) is 22.6 Å². The SMILES string of the molecule is Fc1ccc(SCc2nc3ccccc3n2C(F)F)cc1. The Morgan fingerprint density at radius 1 is 1.05 bits per heavy atom. The van der Waals surface area contributed by atoms with Gasteiger partial charge in [-0.05, 0) is 36.4 Å². The molecule has 0 amide bonds. The highest BCUT2D eigenvalue weighted by atomic mass is 32.2. The highest BCUT2D eigenvalue weighted by molar-refractivity contribution is 7.98. The van der Waals surface area contributed by atoms with Crippen LogP contribution < -0.4 is 0 Å². The fourth-order valence-electron chi connectivity index (χ4n) is 2.09. The Kier molecular flexibility index (Phi) is 3.88. The number of halogens is 3. The van der Waals surface area contributed by atoms with Crippen molar-refractivity contribution in [3.8, 4) is 0 Å². The van der Waals surface area contributed by atoms with E-state index in [1.54, 1.807) is 36.4 Å². The van der Waals surface area contributed by atoms with Crippen LogP contribution >= 0.6 is 11.8 Å². The van der Waals surface area contributed by atoms with Gasteiger partial charge in [0.15, 0.2) is 0 Å². The van der Waals surface area contributed by atoms with Crippen molar-refractivity contribution in [2.45, 2.75) is 17.2 Å². The monoisotopic (exact) mass is 308 g/mol. The van der Waals surface area contributed by atoms with Gasteiger partial charge in [0.25, 0.3) is 0 Å². The fraction of sp³-hybridized carbons (Fsp3) is 0.133. The maximum Gasteiger partial charge on any atom is 0.320 e. The zero-order valence-electron chi connectivity index (χ0n) is 10.8. The summed E-state index contributed by atoms with van der Waals surface area (Å²) < 4.78 is 40.2. The van der Waals surface area contributed by atoms with Crippen LogP contribution in [0.1, 0.15) is 12.4 Å². The molecule has 0 saturated carbocycles. The van der Waals surface area contributed by atoms with E-state index >= 15 is 0 Å². The molecule has 0 bridgehead atoms. The molecule has 2 nitrogen and oxygen atoms in total. The predicted molar refractivity (Wildman–Crippen MR) is 76.9 cm³/mol. The standard InChI is InChI=1S/C15H11F3N2S/c16-10-5-7-11(8-6-10)21-9-14-19-12-3-1-2-4-13(12)20(14)15(17)18/h1-8,15H,9H2. The fourth-order valence-corrected chi connectivity index (χ4v) is 2.92. The van der Waals surface area contributed by atoms with Crippen LogP contribution in [-0.4, -0.2) is 9.55 Å². The van der Waals surface area contributed by atoms with Crippen LogP contribution in [0, 0.1) is 5.82 Å². The second-order valence-corrected chi connectivity index (χ2v) is 5.46. The number of para-hydroxylation sites is 2. The summed E-state index contributed by atoms with van der Waals surface area (Å²) in [6.07, 6.45) is 0. The molecule has 0 radical (unpaired) electrons. The number of fused-ring (bicyclic) bond motifs is 1. The predicted octanol–water partition coefficient (Wildman–Crippen LogP) is 4.86. The molecule has 1 aromatic heterocycles. The van der Waals surface area contributed by atoms with E-state index in [-0.39, 0.29) is 5.82 Å². The number of imidazole rings is 1. The summed E-state index contributed by atoms with van der Waals surface area (Å²) in [6.45, 7) is -2.64. The Hall–Kier alpha value is -1.95. The first-order valence-electron chi connectivity index (χ1n) is 6.27. The van der Waals surface area contributed by atoms with Gasteiger partial charge < -0.3 is 0 Å². The number of hydrogen-bond donors (Lipinski definition) is 0. The molecule has 0 aliphatic rings. The first-order valence-corrected chi connectivity index (χ1v) is 7.26. The van der Waals surface area contributed by atoms with Crippen molar-refractivity contribution in [2.24, 2.45) is 0 Å². The van der Waals surface area contributed by atoms with Crippen LogP contribution in [0.5, 0.6) is 0 Å². The second-order valence-electron chi connectivity index (χ2n) is 4.41. The Morgan fingerprint density at radius 2 is 1.76 bits per heavy atom. The lowest BCUT2D eigenvalue weighted by Gasteiger charge is -2.07. The van der Waals surface area contributed by atoms with E-state index in [4.69, 9.17) is 0 Å². The Balaban J connectivity index is 1.89. The molecule has 0 atom stereocenters. The highest BCUT2D eigenvalue weighted by Crippen LogP contribution is 2.28. The van der Waals surface area contributed by atoms with Crippen molar-refractivity contribution in [3.63, 3.8) is 0 Å². The zero-order chi connectivity index (χ0) is 14.8. The number of thioether (sulfide) groups is 1. The van der Waals surface area contributed by atoms with Crippen molar-refractivity contribution >= 4 is 22.8 Å². The number of alkyl halides is 2. The highest BCUT2D eigenvalue weighted by Gasteiger charge is 2.17. The minimum Gasteiger partial charge on any atom is -0.269 e. The van der Waals surface area contributed by atoms with Crippen LogP contribution in [0.25, 0.3) is 11.0 Å². The average molecular weight is 308 g/mol. The molecule has 0 fully saturated rings. The number of hydrogen-bond acceptors (Lipinski definition) is 2. The molecule has 3 rings (SSSR count). The first kappa shape index (κ1) is 14.0. The topological polar surface area (TPSA) is 17.8 Å². The quantitative estimate of drug-likeness (QED) is 0.640. The zero-order valence-corrected chi connectivity index (χ0v) is 11.7. The van der Waals surface area contributed by atoms with E-state index < -0.39 is 6.55 Å². The van der Waals surface area contributed by atoms with Crippen molar-refractivity contribution in [2.75, 3.05) is 0 Å². The van der Waals surface area contributed by atoms with E-state index in [1.165, 1.54) is 23.9 Å². The molecule has 108 valence electrons. The van der Waals surface area contributed by atoms with Crippen molar-refractivity contribution in [3.05, 3.63) is 60.2 Å². The summed E-state index contributed by atoms with van der Waals surface area (Å²) in [6, 6.07) is 12.7. The van der Waals surface area contributed by atoms with Crippen molar-refractivity contribution < 1.29 is 13.2 Å². The van der Waals surface area contributed by atoms with Crippen molar-refractivity contribution in [1.29, 1.82) is 0 Å². The largest absolute Gasteiger partial charge is 0.320 e. The maximum atomic E-state index is 13.2. The number of nitrogens with zero attached hydrogens (tertiary/aromatic N) is 2. The minimum atomic E-state index is -2.64. The van der Waals surface area contributed by atoms with E-state index in [9.17, 15) is 13.2 Å². The second kappa shape index (κ2) is 5.81. The van der Waals surface area contributed by atoms with Crippen LogP contribution in [0.4, 0.5) is 13.2 Å². The van der Waals surface area contributed by atoms with Crippen LogP contribution in [0.15, 0.2) is 53.4 Å². The molecule has 0 aliphatic heterocycles. The lowest BCUT2D eigenvalue weighted by atomic mass is 10.3. The van der Waals surface area contributed by atoms with Gasteiger partial charge in [-0.25, -0.2) is 9.37 Å². The summed E-state index contributed by atoms with van der Waals surface area (Å²) in [5, 5.41) is 0. The molecular weight excluding hydrogens is 297 g/mol. The summed E-state index contributed by atoms with van der Waals surface area (Å²) >= 11 is 1.35. The third kappa shape index (κ3) is 2.90. The summed E-state index contributed by atoms with van der Waals surface area (Å²) in [5.41, 5.74) is 0.967. The maximum absolute atomic E-state index is 13.2. The molecule has 0 unspecified atom stereocenters. The van der Waals surface area contributed by atoms with E-state index in [1.807, 2.05) is 0 Å². The third-order valence-electron chi connectivity index (χ3n) is 3.05. The molecule has 0 spiro atoms. The molecule has 1 heterocycles. The van der Waals surface area contributed by atoms with Gasteiger partial charge in [-0.3, -0.25) is 4.57 Å². The molecule has 2 aromatic carbocycles. The van der Waals surface area contributed by atoms with Gasteiger partial charge in [0.05, 0.1) is 16.8 Å². The number of aromatic nitrogens is 2. The molecule has 3 aromatic rings. The van der Waals surface area contributed by atoms with Crippen LogP contribution in [0.2, 0.25) is 0 Å². The average Bonchev–Trinajstić information content (AvgIpc) is 2.85. The smallest absolute Gasteiger partial charge is 0.269 e. The van der Waals surface area contributed by atoms with Crippen LogP contribution in [-0.2, 0) is 5.75 Å². The van der Waals surface area contributed by atoms with Gasteiger partial charge in [-0.2, -0.15) is 8.78 Å². The van der Waals surface area contributed by atoms with Gasteiger partial charge in [0.2, 0.25) is 0 Å². The molecule has 0 saturated heterocycles. The number of benzene rings is 2. The molecular formula is C15H11F3N2S. The first-order chi connectivity index (χ1) is 10.1. The molecule has 0 N–H and O–H groups in total. The van der Waals surface area contributed by atoms with Gasteiger partial charge in [-0.1, -0.05) is 12.1 Å². The number of rotatable bonds is 4. The lowest BCUT2D eigenvalue weighted by molar-refractivity contribution is 0.0722. The van der Waals surface area contributed by atoms with E-state index in [2.05, 4.69) is 4.98 Å². The summed E-state index contributed by atoms with van der Waals surface area (Å²) in [5.74, 6) is 0.282. The van der Waals surface area contributed by atoms with Gasteiger partial charge >= 0.3 is 6.55 Å². The summed E-state index contributed by atoms with van der Waals surface area (Å²) in [7, 11) is 0. The van der Waals surface area contributed by atoms with Crippen LogP contribution in [0.3, 0.4) is 0 Å². The Labute approximate surface area is 123 Å².